The summed E-state index contributed by atoms with van der Waals surface area (Å²) in [4.78, 5) is 74.3. The number of ether oxygens (including phenoxy) is 2. The lowest BCUT2D eigenvalue weighted by molar-refractivity contribution is -0.135. The predicted octanol–water partition coefficient (Wildman–Crippen LogP) is 7.09. The minimum atomic E-state index is -1.01. The molecule has 6 aliphatic rings. The van der Waals surface area contributed by atoms with Crippen molar-refractivity contribution in [2.24, 2.45) is 13.0 Å². The summed E-state index contributed by atoms with van der Waals surface area (Å²) < 4.78 is 48.3. The van der Waals surface area contributed by atoms with Gasteiger partial charge in [0, 0.05) is 64.0 Å². The van der Waals surface area contributed by atoms with Gasteiger partial charge >= 0.3 is 17.8 Å². The molecule has 3 amide bonds. The lowest BCUT2D eigenvalue weighted by Gasteiger charge is -2.38. The van der Waals surface area contributed by atoms with Crippen molar-refractivity contribution in [2.75, 3.05) is 70.5 Å². The predicted molar refractivity (Wildman–Crippen MR) is 289 cm³/mol. The molecule has 12 rings (SSSR count). The van der Waals surface area contributed by atoms with Gasteiger partial charge in [0.25, 0.3) is 0 Å². The number of pyridine rings is 1. The number of nitrogens with zero attached hydrogens (tertiary/aromatic N) is 9. The van der Waals surface area contributed by atoms with Gasteiger partial charge in [0.2, 0.25) is 11.8 Å². The van der Waals surface area contributed by atoms with Crippen LogP contribution in [-0.2, 0) is 27.8 Å². The topological polar surface area (TPSA) is 201 Å². The maximum Gasteiger partial charge on any atom is 0.409 e. The average molecular weight is 1070 g/mol. The number of phenolic OH excluding ortho intramolecular Hbond substituents is 1. The van der Waals surface area contributed by atoms with E-state index in [0.717, 1.165) is 76.6 Å². The number of anilines is 1. The van der Waals surface area contributed by atoms with Crippen LogP contribution in [0.2, 0.25) is 0 Å². The van der Waals surface area contributed by atoms with Crippen LogP contribution < -0.4 is 20.6 Å². The van der Waals surface area contributed by atoms with Crippen LogP contribution >= 0.6 is 0 Å². The Morgan fingerprint density at radius 1 is 0.923 bits per heavy atom. The third-order valence-corrected chi connectivity index (χ3v) is 18.0. The highest BCUT2D eigenvalue weighted by molar-refractivity contribution is 6.02. The van der Waals surface area contributed by atoms with E-state index in [4.69, 9.17) is 19.4 Å². The number of nitrogens with one attached hydrogen (secondary N) is 1. The summed E-state index contributed by atoms with van der Waals surface area (Å²) in [7, 11) is 1.73. The molecule has 18 nitrogen and oxygen atoms in total. The Kier molecular flexibility index (Phi) is 13.6. The van der Waals surface area contributed by atoms with Gasteiger partial charge in [-0.15, -0.1) is 0 Å². The van der Waals surface area contributed by atoms with Crippen molar-refractivity contribution in [2.45, 2.75) is 120 Å². The zero-order valence-corrected chi connectivity index (χ0v) is 44.6. The Hall–Kier alpha value is -6.77. The number of amides is 3. The van der Waals surface area contributed by atoms with Crippen LogP contribution in [0.15, 0.2) is 53.5 Å². The Labute approximate surface area is 450 Å². The number of carbonyl (C=O) groups is 3. The smallest absolute Gasteiger partial charge is 0.409 e. The maximum atomic E-state index is 17.3. The van der Waals surface area contributed by atoms with Crippen molar-refractivity contribution >= 4 is 56.4 Å². The number of imidazole rings is 1. The van der Waals surface area contributed by atoms with E-state index < -0.39 is 29.2 Å². The van der Waals surface area contributed by atoms with Gasteiger partial charge in [-0.05, 0) is 161 Å². The molecule has 3 aromatic heterocycles. The van der Waals surface area contributed by atoms with Crippen LogP contribution in [0.1, 0.15) is 108 Å². The lowest BCUT2D eigenvalue weighted by atomic mass is 9.88. The standard InChI is InChI=1S/C58H68F2N10O8/c1-4-40-43(59)9-7-37-25-39(71)27-41(48(37)40)50-49(60)51-42(28-61-50)52(68-20-5-17-57(2,76)32-68)64-54(63-51)78-33-58-18-6-21-69(58)38(13-19-58)31-77-56(75)67-24-14-34(30-67)29-66-22-15-35(16-23-66)36-8-10-44-46(26-36)65(3)55(74)70(44)45-11-12-47(72)62-53(45)73/h7-10,25-28,34-35,38,45,71,76H,4-6,11-24,29-33H2,1-3H3,(H,62,72,73)/t34?,38-,45?,57+,58-/m0/s1. The van der Waals surface area contributed by atoms with Crippen molar-refractivity contribution in [1.29, 1.82) is 0 Å². The van der Waals surface area contributed by atoms with Crippen LogP contribution in [-0.4, -0.2) is 150 Å². The number of piperidine rings is 3. The minimum Gasteiger partial charge on any atom is -0.508 e. The van der Waals surface area contributed by atoms with Gasteiger partial charge in [0.05, 0.1) is 27.6 Å². The molecule has 5 atom stereocenters. The molecular formula is C58H68F2N10O8. The SMILES string of the molecule is CCc1c(F)ccc2cc(O)cc(-c3ncc4c(N5CCC[C@@](C)(O)C5)nc(OC[C@@]56CCCN5[C@H](COC(=O)N5CCC(CN7CCC(c8ccc9c(c8)n(C)c(=O)n9C8CCC(=O)NC8=O)CC7)C5)CC6)nc4c3F)c12. The highest BCUT2D eigenvalue weighted by Crippen LogP contribution is 2.44. The molecule has 6 saturated heterocycles. The summed E-state index contributed by atoms with van der Waals surface area (Å²) in [6.07, 6.45) is 9.59. The summed E-state index contributed by atoms with van der Waals surface area (Å²) in [6, 6.07) is 11.2. The number of rotatable bonds is 12. The molecule has 78 heavy (non-hydrogen) atoms. The Morgan fingerprint density at radius 3 is 2.54 bits per heavy atom. The van der Waals surface area contributed by atoms with Crippen LogP contribution in [0.4, 0.5) is 19.4 Å². The first-order chi connectivity index (χ1) is 37.6. The molecule has 6 aromatic rings. The zero-order chi connectivity index (χ0) is 54.2. The molecule has 0 saturated carbocycles. The van der Waals surface area contributed by atoms with Gasteiger partial charge in [-0.2, -0.15) is 9.97 Å². The van der Waals surface area contributed by atoms with Gasteiger partial charge in [0.1, 0.15) is 47.9 Å². The van der Waals surface area contributed by atoms with Crippen molar-refractivity contribution in [3.8, 4) is 23.0 Å². The number of fused-ring (bicyclic) bond motifs is 4. The Bertz CT molecular complexity index is 3430. The third-order valence-electron chi connectivity index (χ3n) is 18.0. The van der Waals surface area contributed by atoms with E-state index in [0.29, 0.717) is 90.2 Å². The van der Waals surface area contributed by atoms with Gasteiger partial charge in [-0.1, -0.05) is 19.1 Å². The molecule has 0 aliphatic carbocycles. The lowest BCUT2D eigenvalue weighted by Crippen LogP contribution is -2.48. The molecule has 20 heteroatoms. The second kappa shape index (κ2) is 20.5. The normalized spacial score (nSPS) is 25.4. The second-order valence-corrected chi connectivity index (χ2v) is 23.2. The number of aromatic nitrogens is 5. The fourth-order valence-electron chi connectivity index (χ4n) is 14.0. The monoisotopic (exact) mass is 1070 g/mol. The van der Waals surface area contributed by atoms with E-state index in [1.807, 2.05) is 22.8 Å². The quantitative estimate of drug-likeness (QED) is 0.105. The molecule has 3 N–H and O–H groups in total. The van der Waals surface area contributed by atoms with Gasteiger partial charge in [-0.3, -0.25) is 33.9 Å². The van der Waals surface area contributed by atoms with Crippen molar-refractivity contribution in [3.05, 3.63) is 81.9 Å². The number of aromatic hydroxyl groups is 1. The average Bonchev–Trinajstić information content (AvgIpc) is 4.37. The second-order valence-electron chi connectivity index (χ2n) is 23.2. The van der Waals surface area contributed by atoms with Crippen LogP contribution in [0.3, 0.4) is 0 Å². The van der Waals surface area contributed by atoms with E-state index in [2.05, 4.69) is 32.2 Å². The summed E-state index contributed by atoms with van der Waals surface area (Å²) in [6.45, 7) is 9.77. The summed E-state index contributed by atoms with van der Waals surface area (Å²) >= 11 is 0. The molecule has 0 bridgehead atoms. The molecule has 2 unspecified atom stereocenters. The summed E-state index contributed by atoms with van der Waals surface area (Å²) in [5.74, 6) is -1.01. The maximum absolute atomic E-state index is 17.3. The molecular weight excluding hydrogens is 1000 g/mol. The number of phenols is 1. The van der Waals surface area contributed by atoms with Crippen molar-refractivity contribution in [1.82, 2.24) is 44.1 Å². The number of likely N-dealkylation sites (tertiary alicyclic amines) is 2. The highest BCUT2D eigenvalue weighted by Gasteiger charge is 2.50. The summed E-state index contributed by atoms with van der Waals surface area (Å²) in [5, 5.41) is 25.7. The number of halogens is 2. The molecule has 3 aromatic carbocycles. The van der Waals surface area contributed by atoms with Crippen molar-refractivity contribution in [3.63, 3.8) is 0 Å². The Balaban J connectivity index is 0.679. The number of benzene rings is 3. The number of hydrogen-bond donors (Lipinski definition) is 3. The van der Waals surface area contributed by atoms with E-state index in [1.54, 1.807) is 24.6 Å². The van der Waals surface area contributed by atoms with Gasteiger partial charge < -0.3 is 34.4 Å². The van der Waals surface area contributed by atoms with E-state index in [9.17, 15) is 29.4 Å². The fraction of sp³-hybridized carbons (Fsp3) is 0.534. The van der Waals surface area contributed by atoms with E-state index in [1.165, 1.54) is 34.5 Å². The first-order valence-electron chi connectivity index (χ1n) is 27.9. The largest absolute Gasteiger partial charge is 0.508 e. The Morgan fingerprint density at radius 2 is 1.74 bits per heavy atom. The van der Waals surface area contributed by atoms with Crippen molar-refractivity contribution < 1.29 is 42.9 Å². The van der Waals surface area contributed by atoms with E-state index >= 15 is 8.78 Å². The molecule has 0 spiro atoms. The highest BCUT2D eigenvalue weighted by atomic mass is 19.1. The molecule has 412 valence electrons. The molecule has 6 fully saturated rings. The van der Waals surface area contributed by atoms with Crippen LogP contribution in [0.25, 0.3) is 44.0 Å². The van der Waals surface area contributed by atoms with Crippen LogP contribution in [0.5, 0.6) is 11.8 Å². The van der Waals surface area contributed by atoms with E-state index in [-0.39, 0.29) is 84.0 Å². The first-order valence-corrected chi connectivity index (χ1v) is 27.9. The number of aliphatic hydroxyl groups is 1. The zero-order valence-electron chi connectivity index (χ0n) is 44.6. The third kappa shape index (κ3) is 9.50. The van der Waals surface area contributed by atoms with Gasteiger partial charge in [0.15, 0.2) is 5.82 Å². The minimum absolute atomic E-state index is 0.000260. The van der Waals surface area contributed by atoms with Crippen LogP contribution in [0, 0.1) is 17.6 Å². The fourth-order valence-corrected chi connectivity index (χ4v) is 14.0. The number of aryl methyl sites for hydroxylation is 2. The van der Waals surface area contributed by atoms with Gasteiger partial charge in [-0.25, -0.2) is 18.4 Å². The number of imide groups is 1. The number of β-amino-alcohol motifs (C(OH)–C–C–N with tert-alkyl or cyclic N) is 1. The molecule has 9 heterocycles. The number of carbonyl (C=O) groups excluding carboxylic acids is 3. The molecule has 0 radical (unpaired) electrons. The molecule has 6 aliphatic heterocycles. The summed E-state index contributed by atoms with van der Waals surface area (Å²) in [5.41, 5.74) is 1.49. The number of hydrogen-bond acceptors (Lipinski definition) is 14. The first kappa shape index (κ1) is 52.0.